The van der Waals surface area contributed by atoms with Crippen LogP contribution in [0.5, 0.6) is 0 Å². The van der Waals surface area contributed by atoms with Crippen molar-refractivity contribution in [2.24, 2.45) is 5.92 Å². The fourth-order valence-corrected chi connectivity index (χ4v) is 2.56. The first kappa shape index (κ1) is 15.9. The number of aryl methyl sites for hydroxylation is 1. The van der Waals surface area contributed by atoms with Gasteiger partial charge in [0, 0.05) is 17.1 Å². The summed E-state index contributed by atoms with van der Waals surface area (Å²) in [4.78, 5) is 12.9. The van der Waals surface area contributed by atoms with E-state index in [-0.39, 0.29) is 11.2 Å². The van der Waals surface area contributed by atoms with Crippen molar-refractivity contribution >= 4 is 23.4 Å². The molecule has 1 aromatic rings. The highest BCUT2D eigenvalue weighted by molar-refractivity contribution is 8.00. The molecule has 4 heteroatoms. The highest BCUT2D eigenvalue weighted by atomic mass is 32.2. The molecule has 0 aromatic heterocycles. The first-order valence-corrected chi connectivity index (χ1v) is 7.58. The number of carbonyl (C=O) groups excluding carboxylic acids is 1. The number of nitrogens with two attached hydrogens (primary N) is 1. The van der Waals surface area contributed by atoms with Crippen molar-refractivity contribution < 1.29 is 4.79 Å². The summed E-state index contributed by atoms with van der Waals surface area (Å²) >= 11 is 1.51. The van der Waals surface area contributed by atoms with E-state index in [0.717, 1.165) is 29.1 Å². The van der Waals surface area contributed by atoms with E-state index in [1.165, 1.54) is 11.8 Å². The van der Waals surface area contributed by atoms with Gasteiger partial charge in [-0.15, -0.1) is 11.8 Å². The highest BCUT2D eigenvalue weighted by Crippen LogP contribution is 2.29. The fraction of sp³-hybridized carbons (Fsp3) is 0.533. The van der Waals surface area contributed by atoms with Gasteiger partial charge in [-0.2, -0.15) is 0 Å². The lowest BCUT2D eigenvalue weighted by Gasteiger charge is -2.14. The topological polar surface area (TPSA) is 55.1 Å². The van der Waals surface area contributed by atoms with E-state index < -0.39 is 0 Å². The summed E-state index contributed by atoms with van der Waals surface area (Å²) in [5, 5.41) is 2.84. The van der Waals surface area contributed by atoms with Crippen molar-refractivity contribution in [1.29, 1.82) is 0 Å². The van der Waals surface area contributed by atoms with Gasteiger partial charge in [-0.05, 0) is 43.9 Å². The third-order valence-corrected chi connectivity index (χ3v) is 4.05. The van der Waals surface area contributed by atoms with Gasteiger partial charge < -0.3 is 11.1 Å². The Balaban J connectivity index is 2.49. The molecule has 0 aliphatic carbocycles. The van der Waals surface area contributed by atoms with Gasteiger partial charge >= 0.3 is 0 Å². The molecule has 1 rings (SSSR count). The second-order valence-electron chi connectivity index (χ2n) is 5.27. The predicted molar refractivity (Wildman–Crippen MR) is 83.4 cm³/mol. The average molecular weight is 280 g/mol. The standard InChI is InChI=1S/C15H24N2OS/c1-10(2)7-8-17-15(18)12(4)19-14-6-5-11(3)9-13(14)16/h5-6,9-10,12H,7-8,16H2,1-4H3,(H,17,18). The minimum absolute atomic E-state index is 0.0747. The summed E-state index contributed by atoms with van der Waals surface area (Å²) in [6.45, 7) is 8.96. The van der Waals surface area contributed by atoms with Gasteiger partial charge in [0.15, 0.2) is 0 Å². The van der Waals surface area contributed by atoms with Gasteiger partial charge in [-0.1, -0.05) is 19.9 Å². The van der Waals surface area contributed by atoms with Crippen molar-refractivity contribution in [2.45, 2.75) is 44.3 Å². The van der Waals surface area contributed by atoms with E-state index in [9.17, 15) is 4.79 Å². The smallest absolute Gasteiger partial charge is 0.233 e. The Morgan fingerprint density at radius 3 is 2.63 bits per heavy atom. The number of hydrogen-bond donors (Lipinski definition) is 2. The summed E-state index contributed by atoms with van der Waals surface area (Å²) in [6.07, 6.45) is 1.01. The molecular formula is C15H24N2OS. The van der Waals surface area contributed by atoms with Crippen molar-refractivity contribution in [2.75, 3.05) is 12.3 Å². The van der Waals surface area contributed by atoms with Crippen LogP contribution in [0.3, 0.4) is 0 Å². The Labute approximate surface area is 120 Å². The molecule has 19 heavy (non-hydrogen) atoms. The zero-order chi connectivity index (χ0) is 14.4. The molecule has 106 valence electrons. The number of nitrogens with one attached hydrogen (secondary N) is 1. The van der Waals surface area contributed by atoms with E-state index in [2.05, 4.69) is 19.2 Å². The van der Waals surface area contributed by atoms with E-state index in [0.29, 0.717) is 5.92 Å². The van der Waals surface area contributed by atoms with Crippen LogP contribution in [0.15, 0.2) is 23.1 Å². The molecule has 3 nitrogen and oxygen atoms in total. The molecule has 1 amide bonds. The number of rotatable bonds is 6. The van der Waals surface area contributed by atoms with E-state index in [1.54, 1.807) is 0 Å². The molecule has 0 aliphatic rings. The summed E-state index contributed by atoms with van der Waals surface area (Å²) in [6, 6.07) is 5.93. The number of hydrogen-bond acceptors (Lipinski definition) is 3. The van der Waals surface area contributed by atoms with Crippen LogP contribution in [0.1, 0.15) is 32.8 Å². The maximum atomic E-state index is 11.9. The van der Waals surface area contributed by atoms with Gasteiger partial charge in [0.2, 0.25) is 5.91 Å². The zero-order valence-corrected chi connectivity index (χ0v) is 13.0. The highest BCUT2D eigenvalue weighted by Gasteiger charge is 2.15. The monoisotopic (exact) mass is 280 g/mol. The summed E-state index contributed by atoms with van der Waals surface area (Å²) in [5.41, 5.74) is 7.83. The van der Waals surface area contributed by atoms with Crippen LogP contribution >= 0.6 is 11.8 Å². The molecule has 0 heterocycles. The summed E-state index contributed by atoms with van der Waals surface area (Å²) in [7, 11) is 0. The van der Waals surface area contributed by atoms with Crippen molar-refractivity contribution in [3.63, 3.8) is 0 Å². The third kappa shape index (κ3) is 5.55. The van der Waals surface area contributed by atoms with Crippen LogP contribution in [0.25, 0.3) is 0 Å². The predicted octanol–water partition coefficient (Wildman–Crippen LogP) is 3.22. The van der Waals surface area contributed by atoms with Crippen LogP contribution in [-0.2, 0) is 4.79 Å². The first-order chi connectivity index (χ1) is 8.90. The Morgan fingerprint density at radius 1 is 1.37 bits per heavy atom. The minimum atomic E-state index is -0.128. The first-order valence-electron chi connectivity index (χ1n) is 6.70. The molecule has 0 fully saturated rings. The number of nitrogen functional groups attached to an aromatic ring is 1. The van der Waals surface area contributed by atoms with Gasteiger partial charge in [-0.25, -0.2) is 0 Å². The summed E-state index contributed by atoms with van der Waals surface area (Å²) < 4.78 is 0. The van der Waals surface area contributed by atoms with E-state index in [1.807, 2.05) is 32.0 Å². The zero-order valence-electron chi connectivity index (χ0n) is 12.2. The molecule has 1 aromatic carbocycles. The maximum absolute atomic E-state index is 11.9. The number of amides is 1. The van der Waals surface area contributed by atoms with Crippen molar-refractivity contribution in [3.8, 4) is 0 Å². The molecule has 1 unspecified atom stereocenters. The minimum Gasteiger partial charge on any atom is -0.398 e. The number of carbonyl (C=O) groups is 1. The Bertz CT molecular complexity index is 432. The largest absolute Gasteiger partial charge is 0.398 e. The third-order valence-electron chi connectivity index (χ3n) is 2.86. The molecule has 0 radical (unpaired) electrons. The van der Waals surface area contributed by atoms with E-state index in [4.69, 9.17) is 5.73 Å². The quantitative estimate of drug-likeness (QED) is 0.621. The van der Waals surface area contributed by atoms with Gasteiger partial charge in [-0.3, -0.25) is 4.79 Å². The Kier molecular flexibility index (Phi) is 6.22. The maximum Gasteiger partial charge on any atom is 0.233 e. The molecule has 0 saturated carbocycles. The normalized spacial score (nSPS) is 12.5. The lowest BCUT2D eigenvalue weighted by Crippen LogP contribution is -2.32. The molecule has 1 atom stereocenters. The Morgan fingerprint density at radius 2 is 2.05 bits per heavy atom. The Hall–Kier alpha value is -1.16. The van der Waals surface area contributed by atoms with Crippen molar-refractivity contribution in [1.82, 2.24) is 5.32 Å². The van der Waals surface area contributed by atoms with Crippen LogP contribution in [0.2, 0.25) is 0 Å². The molecule has 0 bridgehead atoms. The number of anilines is 1. The average Bonchev–Trinajstić information content (AvgIpc) is 2.32. The van der Waals surface area contributed by atoms with Crippen LogP contribution in [0.4, 0.5) is 5.69 Å². The fourth-order valence-electron chi connectivity index (χ4n) is 1.65. The van der Waals surface area contributed by atoms with E-state index >= 15 is 0 Å². The van der Waals surface area contributed by atoms with Gasteiger partial charge in [0.05, 0.1) is 5.25 Å². The van der Waals surface area contributed by atoms with Crippen LogP contribution < -0.4 is 11.1 Å². The second kappa shape index (κ2) is 7.43. The van der Waals surface area contributed by atoms with Crippen LogP contribution in [-0.4, -0.2) is 17.7 Å². The lowest BCUT2D eigenvalue weighted by atomic mass is 10.1. The second-order valence-corrected chi connectivity index (χ2v) is 6.66. The van der Waals surface area contributed by atoms with Crippen molar-refractivity contribution in [3.05, 3.63) is 23.8 Å². The molecule has 0 aliphatic heterocycles. The number of thioether (sulfide) groups is 1. The van der Waals surface area contributed by atoms with Crippen LogP contribution in [0, 0.1) is 12.8 Å². The molecular weight excluding hydrogens is 256 g/mol. The lowest BCUT2D eigenvalue weighted by molar-refractivity contribution is -0.120. The molecule has 0 saturated heterocycles. The SMILES string of the molecule is Cc1ccc(SC(C)C(=O)NCCC(C)C)c(N)c1. The summed E-state index contributed by atoms with van der Waals surface area (Å²) in [5.74, 6) is 0.682. The van der Waals surface area contributed by atoms with Gasteiger partial charge in [0.25, 0.3) is 0 Å². The number of benzene rings is 1. The van der Waals surface area contributed by atoms with Gasteiger partial charge in [0.1, 0.15) is 0 Å². The molecule has 0 spiro atoms. The molecule has 3 N–H and O–H groups in total.